The van der Waals surface area contributed by atoms with E-state index in [1.165, 1.54) is 50.1 Å². The highest BCUT2D eigenvalue weighted by atomic mass is 16.7. The van der Waals surface area contributed by atoms with Crippen molar-refractivity contribution >= 4 is 12.6 Å². The molecule has 1 saturated heterocycles. The maximum atomic E-state index is 6.57. The van der Waals surface area contributed by atoms with Gasteiger partial charge < -0.3 is 9.31 Å². The van der Waals surface area contributed by atoms with Crippen molar-refractivity contribution in [3.05, 3.63) is 124 Å². The van der Waals surface area contributed by atoms with Crippen LogP contribution in [0.1, 0.15) is 80.5 Å². The predicted molar refractivity (Wildman–Crippen MR) is 156 cm³/mol. The lowest BCUT2D eigenvalue weighted by atomic mass is 9.55. The van der Waals surface area contributed by atoms with Crippen LogP contribution in [0.3, 0.4) is 0 Å². The summed E-state index contributed by atoms with van der Waals surface area (Å²) in [5, 5.41) is 0. The van der Waals surface area contributed by atoms with Gasteiger partial charge in [-0.25, -0.2) is 0 Å². The van der Waals surface area contributed by atoms with Gasteiger partial charge in [-0.2, -0.15) is 0 Å². The van der Waals surface area contributed by atoms with Crippen LogP contribution in [0.4, 0.5) is 0 Å². The molecule has 0 aromatic heterocycles. The van der Waals surface area contributed by atoms with Gasteiger partial charge in [0.25, 0.3) is 0 Å². The van der Waals surface area contributed by atoms with Crippen molar-refractivity contribution in [3.63, 3.8) is 0 Å². The Balaban J connectivity index is 1.59. The minimum Gasteiger partial charge on any atom is -0.399 e. The zero-order chi connectivity index (χ0) is 26.7. The SMILES string of the molecule is Cc1cc(B2OC(C)(C)C(C)(C)O2)cc2c1-c1ccccc1C21c2ccccc2C(C)(C)c2ccccc21. The summed E-state index contributed by atoms with van der Waals surface area (Å²) in [5.41, 5.74) is 11.9. The molecule has 0 bridgehead atoms. The normalized spacial score (nSPS) is 20.6. The van der Waals surface area contributed by atoms with E-state index in [0.29, 0.717) is 0 Å². The molecular formula is C35H35BO2. The van der Waals surface area contributed by atoms with Crippen LogP contribution in [-0.2, 0) is 20.1 Å². The molecule has 0 radical (unpaired) electrons. The zero-order valence-corrected chi connectivity index (χ0v) is 23.5. The molecular weight excluding hydrogens is 463 g/mol. The first kappa shape index (κ1) is 23.9. The van der Waals surface area contributed by atoms with Crippen molar-refractivity contribution in [2.24, 2.45) is 0 Å². The van der Waals surface area contributed by atoms with Crippen LogP contribution in [0.25, 0.3) is 11.1 Å². The molecule has 1 spiro atoms. The molecule has 0 saturated carbocycles. The zero-order valence-electron chi connectivity index (χ0n) is 23.5. The fourth-order valence-electron chi connectivity index (χ4n) is 7.34. The van der Waals surface area contributed by atoms with Crippen LogP contribution in [-0.4, -0.2) is 18.3 Å². The molecule has 4 aromatic carbocycles. The lowest BCUT2D eigenvalue weighted by Gasteiger charge is -2.46. The average molecular weight is 498 g/mol. The van der Waals surface area contributed by atoms with Gasteiger partial charge in [0.1, 0.15) is 0 Å². The second-order valence-electron chi connectivity index (χ2n) is 12.9. The molecule has 38 heavy (non-hydrogen) atoms. The summed E-state index contributed by atoms with van der Waals surface area (Å²) >= 11 is 0. The van der Waals surface area contributed by atoms with Gasteiger partial charge in [0.15, 0.2) is 0 Å². The highest BCUT2D eigenvalue weighted by molar-refractivity contribution is 6.62. The molecule has 3 heteroatoms. The molecule has 1 heterocycles. The highest BCUT2D eigenvalue weighted by Crippen LogP contribution is 2.62. The quantitative estimate of drug-likeness (QED) is 0.226. The Morgan fingerprint density at radius 1 is 0.553 bits per heavy atom. The number of benzene rings is 4. The van der Waals surface area contributed by atoms with Crippen LogP contribution >= 0.6 is 0 Å². The Kier molecular flexibility index (Phi) is 4.72. The van der Waals surface area contributed by atoms with Gasteiger partial charge >= 0.3 is 7.12 Å². The molecule has 0 unspecified atom stereocenters. The van der Waals surface area contributed by atoms with Gasteiger partial charge in [-0.1, -0.05) is 98.8 Å². The van der Waals surface area contributed by atoms with Crippen LogP contribution in [0.15, 0.2) is 84.9 Å². The first-order chi connectivity index (χ1) is 18.0. The van der Waals surface area contributed by atoms with Crippen LogP contribution < -0.4 is 5.46 Å². The highest BCUT2D eigenvalue weighted by Gasteiger charge is 2.55. The number of aryl methyl sites for hydroxylation is 1. The van der Waals surface area contributed by atoms with Crippen molar-refractivity contribution in [1.29, 1.82) is 0 Å². The van der Waals surface area contributed by atoms with Gasteiger partial charge in [-0.3, -0.25) is 0 Å². The second-order valence-corrected chi connectivity index (χ2v) is 12.9. The van der Waals surface area contributed by atoms with Crippen molar-refractivity contribution in [1.82, 2.24) is 0 Å². The van der Waals surface area contributed by atoms with Gasteiger partial charge in [0, 0.05) is 5.41 Å². The smallest absolute Gasteiger partial charge is 0.399 e. The maximum Gasteiger partial charge on any atom is 0.494 e. The predicted octanol–water partition coefficient (Wildman–Crippen LogP) is 7.30. The summed E-state index contributed by atoms with van der Waals surface area (Å²) in [5.74, 6) is 0. The molecule has 0 atom stereocenters. The van der Waals surface area contributed by atoms with Crippen molar-refractivity contribution in [2.45, 2.75) is 70.5 Å². The third-order valence-corrected chi connectivity index (χ3v) is 9.90. The number of hydrogen-bond acceptors (Lipinski definition) is 2. The lowest BCUT2D eigenvalue weighted by Crippen LogP contribution is -2.42. The van der Waals surface area contributed by atoms with E-state index >= 15 is 0 Å². The second kappa shape index (κ2) is 7.49. The molecule has 2 nitrogen and oxygen atoms in total. The third-order valence-electron chi connectivity index (χ3n) is 9.90. The minimum absolute atomic E-state index is 0.103. The largest absolute Gasteiger partial charge is 0.494 e. The Bertz CT molecular complexity index is 1560. The summed E-state index contributed by atoms with van der Waals surface area (Å²) in [6.07, 6.45) is 0. The Hall–Kier alpha value is -3.14. The fraction of sp³-hybridized carbons (Fsp3) is 0.314. The lowest BCUT2D eigenvalue weighted by molar-refractivity contribution is 0.00578. The Labute approximate surface area is 227 Å². The van der Waals surface area contributed by atoms with E-state index in [4.69, 9.17) is 9.31 Å². The third kappa shape index (κ3) is 2.82. The van der Waals surface area contributed by atoms with E-state index < -0.39 is 12.5 Å². The summed E-state index contributed by atoms with van der Waals surface area (Å²) < 4.78 is 13.1. The molecule has 190 valence electrons. The Morgan fingerprint density at radius 3 is 1.58 bits per heavy atom. The van der Waals surface area contributed by atoms with E-state index in [-0.39, 0.29) is 16.6 Å². The van der Waals surface area contributed by atoms with Crippen molar-refractivity contribution in [2.75, 3.05) is 0 Å². The maximum absolute atomic E-state index is 6.57. The molecule has 3 aliphatic rings. The van der Waals surface area contributed by atoms with Gasteiger partial charge in [0.2, 0.25) is 0 Å². The van der Waals surface area contributed by atoms with E-state index in [1.54, 1.807) is 0 Å². The molecule has 2 aliphatic carbocycles. The summed E-state index contributed by atoms with van der Waals surface area (Å²) in [6, 6.07) is 31.8. The molecule has 0 amide bonds. The number of fused-ring (bicyclic) bond motifs is 9. The molecule has 1 fully saturated rings. The van der Waals surface area contributed by atoms with Gasteiger partial charge in [-0.15, -0.1) is 0 Å². The Morgan fingerprint density at radius 2 is 1.03 bits per heavy atom. The standard InChI is InChI=1S/C35H35BO2/c1-22-20-23(36-37-33(4,5)34(6,7)38-36)21-30-31(22)24-14-8-9-15-25(24)35(30)28-18-12-10-16-26(28)32(2,3)27-17-11-13-19-29(27)35/h8-21H,1-7H3. The van der Waals surface area contributed by atoms with E-state index in [0.717, 1.165) is 5.46 Å². The van der Waals surface area contributed by atoms with E-state index in [9.17, 15) is 0 Å². The van der Waals surface area contributed by atoms with Crippen LogP contribution in [0.2, 0.25) is 0 Å². The van der Waals surface area contributed by atoms with Crippen molar-refractivity contribution in [3.8, 4) is 11.1 Å². The minimum atomic E-state index is -0.407. The first-order valence-electron chi connectivity index (χ1n) is 13.8. The van der Waals surface area contributed by atoms with Crippen LogP contribution in [0, 0.1) is 6.92 Å². The van der Waals surface area contributed by atoms with E-state index in [1.807, 2.05) is 0 Å². The monoisotopic (exact) mass is 498 g/mol. The average Bonchev–Trinajstić information content (AvgIpc) is 3.30. The molecule has 4 aromatic rings. The molecule has 7 rings (SSSR count). The number of hydrogen-bond donors (Lipinski definition) is 0. The number of rotatable bonds is 1. The van der Waals surface area contributed by atoms with Gasteiger partial charge in [0.05, 0.1) is 16.6 Å². The molecule has 1 aliphatic heterocycles. The first-order valence-corrected chi connectivity index (χ1v) is 13.8. The summed E-state index contributed by atoms with van der Waals surface area (Å²) in [4.78, 5) is 0. The van der Waals surface area contributed by atoms with Gasteiger partial charge in [-0.05, 0) is 90.2 Å². The van der Waals surface area contributed by atoms with Crippen LogP contribution in [0.5, 0.6) is 0 Å². The fourth-order valence-corrected chi connectivity index (χ4v) is 7.34. The summed E-state index contributed by atoms with van der Waals surface area (Å²) in [7, 11) is -0.407. The summed E-state index contributed by atoms with van der Waals surface area (Å²) in [6.45, 7) is 15.5. The van der Waals surface area contributed by atoms with Crippen molar-refractivity contribution < 1.29 is 9.31 Å². The molecule has 0 N–H and O–H groups in total. The van der Waals surface area contributed by atoms with E-state index in [2.05, 4.69) is 133 Å². The topological polar surface area (TPSA) is 18.5 Å².